The first-order chi connectivity index (χ1) is 15.1. The summed E-state index contributed by atoms with van der Waals surface area (Å²) in [6.07, 6.45) is 3.89. The number of hydrogen-bond donors (Lipinski definition) is 0. The van der Waals surface area contributed by atoms with Crippen LogP contribution in [0.3, 0.4) is 0 Å². The van der Waals surface area contributed by atoms with E-state index in [0.29, 0.717) is 0 Å². The molecule has 31 heavy (non-hydrogen) atoms. The summed E-state index contributed by atoms with van der Waals surface area (Å²) in [5, 5.41) is 19.3. The predicted octanol–water partition coefficient (Wildman–Crippen LogP) is 5.33. The molecular weight excluding hydrogens is 445 g/mol. The minimum Gasteiger partial charge on any atom is -0.356 e. The molecule has 1 fully saturated rings. The maximum Gasteiger partial charge on any atom is 0.112 e. The molecule has 1 heterocycles. The van der Waals surface area contributed by atoms with Crippen molar-refractivity contribution in [1.82, 2.24) is 0 Å². The zero-order valence-electron chi connectivity index (χ0n) is 17.2. The maximum atomic E-state index is 8.25. The van der Waals surface area contributed by atoms with E-state index in [4.69, 9.17) is 15.3 Å². The average Bonchev–Trinajstić information content (AvgIpc) is 2.82. The van der Waals surface area contributed by atoms with E-state index in [9.17, 15) is 0 Å². The standard InChI is InChI=1S/C24H26PS2.NO3/c1-4-11-21(12-5-1)25(22-13-6-2-7-14-22,23-15-8-3-9-16-23)18-17-24-26-19-10-20-27-24;2-1(3)4/h1-9,11-16,24H,10,17-20H2;/q+1;-1. The average molecular weight is 472 g/mol. The summed E-state index contributed by atoms with van der Waals surface area (Å²) in [4.78, 5) is 8.25. The molecule has 0 bridgehead atoms. The van der Waals surface area contributed by atoms with Gasteiger partial charge in [-0.25, -0.2) is 0 Å². The maximum absolute atomic E-state index is 8.25. The molecule has 162 valence electrons. The van der Waals surface area contributed by atoms with Crippen LogP contribution in [-0.4, -0.2) is 27.3 Å². The van der Waals surface area contributed by atoms with Gasteiger partial charge in [-0.15, -0.1) is 23.5 Å². The van der Waals surface area contributed by atoms with E-state index in [0.717, 1.165) is 4.58 Å². The fourth-order valence-corrected chi connectivity index (χ4v) is 11.5. The summed E-state index contributed by atoms with van der Waals surface area (Å²) in [6.45, 7) is 0. The third-order valence-corrected chi connectivity index (χ3v) is 12.7. The highest BCUT2D eigenvalue weighted by Gasteiger charge is 2.45. The molecule has 3 aromatic rings. The molecule has 4 nitrogen and oxygen atoms in total. The van der Waals surface area contributed by atoms with Crippen LogP contribution in [0.15, 0.2) is 91.0 Å². The van der Waals surface area contributed by atoms with E-state index in [-0.39, 0.29) is 0 Å². The van der Waals surface area contributed by atoms with Crippen LogP contribution >= 0.6 is 30.8 Å². The van der Waals surface area contributed by atoms with E-state index < -0.39 is 12.3 Å². The fourth-order valence-electron chi connectivity index (χ4n) is 3.88. The van der Waals surface area contributed by atoms with Crippen LogP contribution < -0.4 is 15.9 Å². The van der Waals surface area contributed by atoms with Gasteiger partial charge in [0.1, 0.15) is 23.2 Å². The Morgan fingerprint density at radius 2 is 1.10 bits per heavy atom. The molecule has 0 N–H and O–H groups in total. The number of hydrogen-bond acceptors (Lipinski definition) is 5. The Balaban J connectivity index is 0.000000628. The van der Waals surface area contributed by atoms with Crippen LogP contribution in [0.1, 0.15) is 12.8 Å². The third kappa shape index (κ3) is 6.49. The minimum atomic E-state index is -1.75. The Morgan fingerprint density at radius 1 is 0.742 bits per heavy atom. The van der Waals surface area contributed by atoms with Crippen molar-refractivity contribution < 1.29 is 5.09 Å². The number of nitrogens with zero attached hydrogens (tertiary/aromatic N) is 1. The number of rotatable bonds is 6. The topological polar surface area (TPSA) is 66.2 Å². The molecule has 1 aliphatic heterocycles. The summed E-state index contributed by atoms with van der Waals surface area (Å²) in [5.74, 6) is 2.65. The lowest BCUT2D eigenvalue weighted by molar-refractivity contribution is -0.402. The van der Waals surface area contributed by atoms with Gasteiger partial charge >= 0.3 is 0 Å². The monoisotopic (exact) mass is 471 g/mol. The molecule has 1 aliphatic rings. The highest BCUT2D eigenvalue weighted by molar-refractivity contribution is 8.17. The lowest BCUT2D eigenvalue weighted by Gasteiger charge is -2.30. The molecule has 7 heteroatoms. The number of thioether (sulfide) groups is 2. The van der Waals surface area contributed by atoms with E-state index in [2.05, 4.69) is 115 Å². The Labute approximate surface area is 192 Å². The van der Waals surface area contributed by atoms with Crippen LogP contribution in [-0.2, 0) is 0 Å². The van der Waals surface area contributed by atoms with Gasteiger partial charge < -0.3 is 15.3 Å². The van der Waals surface area contributed by atoms with Gasteiger partial charge in [-0.3, -0.25) is 0 Å². The van der Waals surface area contributed by atoms with Gasteiger partial charge in [0.05, 0.1) is 15.8 Å². The molecular formula is C24H26NO3PS2. The van der Waals surface area contributed by atoms with Gasteiger partial charge in [0.15, 0.2) is 0 Å². The van der Waals surface area contributed by atoms with E-state index in [1.54, 1.807) is 0 Å². The molecule has 0 amide bonds. The molecule has 0 spiro atoms. The van der Waals surface area contributed by atoms with Gasteiger partial charge in [-0.05, 0) is 54.3 Å². The van der Waals surface area contributed by atoms with Crippen molar-refractivity contribution in [3.05, 3.63) is 106 Å². The molecule has 1 saturated heterocycles. The van der Waals surface area contributed by atoms with Gasteiger partial charge in [0.2, 0.25) is 0 Å². The molecule has 3 aromatic carbocycles. The minimum absolute atomic E-state index is 0.745. The van der Waals surface area contributed by atoms with E-state index >= 15 is 0 Å². The quantitative estimate of drug-likeness (QED) is 0.276. The Hall–Kier alpha value is -2.01. The van der Waals surface area contributed by atoms with Crippen LogP contribution in [0.2, 0.25) is 0 Å². The molecule has 0 radical (unpaired) electrons. The van der Waals surface area contributed by atoms with Crippen molar-refractivity contribution in [2.75, 3.05) is 17.7 Å². The normalized spacial score (nSPS) is 14.3. The first-order valence-electron chi connectivity index (χ1n) is 10.2. The SMILES string of the molecule is O=[N+]([O-])[O-].c1ccc([P+](CCC2SCCCS2)(c2ccccc2)c2ccccc2)cc1. The summed E-state index contributed by atoms with van der Waals surface area (Å²) in [5.41, 5.74) is 0. The second kappa shape index (κ2) is 12.1. The molecule has 0 aliphatic carbocycles. The second-order valence-corrected chi connectivity index (χ2v) is 13.6. The summed E-state index contributed by atoms with van der Waals surface area (Å²) in [6, 6.07) is 33.8. The smallest absolute Gasteiger partial charge is 0.112 e. The predicted molar refractivity (Wildman–Crippen MR) is 138 cm³/mol. The van der Waals surface area contributed by atoms with Crippen molar-refractivity contribution in [2.24, 2.45) is 0 Å². The molecule has 0 atom stereocenters. The Morgan fingerprint density at radius 3 is 1.45 bits per heavy atom. The molecule has 0 aromatic heterocycles. The third-order valence-electron chi connectivity index (χ3n) is 5.19. The van der Waals surface area contributed by atoms with Crippen molar-refractivity contribution in [2.45, 2.75) is 17.4 Å². The molecule has 4 rings (SSSR count). The Kier molecular flexibility index (Phi) is 9.26. The van der Waals surface area contributed by atoms with Crippen LogP contribution in [0, 0.1) is 15.3 Å². The van der Waals surface area contributed by atoms with E-state index in [1.165, 1.54) is 46.4 Å². The lowest BCUT2D eigenvalue weighted by Crippen LogP contribution is -2.34. The van der Waals surface area contributed by atoms with Gasteiger partial charge in [0.25, 0.3) is 0 Å². The summed E-state index contributed by atoms with van der Waals surface area (Å²) < 4.78 is 0.745. The zero-order chi connectivity index (χ0) is 21.9. The fraction of sp³-hybridized carbons (Fsp3) is 0.250. The van der Waals surface area contributed by atoms with Crippen LogP contribution in [0.5, 0.6) is 0 Å². The Bertz CT molecular complexity index is 823. The molecule has 0 unspecified atom stereocenters. The second-order valence-electron chi connectivity index (χ2n) is 7.08. The van der Waals surface area contributed by atoms with Crippen molar-refractivity contribution in [3.8, 4) is 0 Å². The van der Waals surface area contributed by atoms with Gasteiger partial charge in [-0.1, -0.05) is 54.6 Å². The highest BCUT2D eigenvalue weighted by atomic mass is 32.2. The summed E-state index contributed by atoms with van der Waals surface area (Å²) >= 11 is 4.34. The lowest BCUT2D eigenvalue weighted by atomic mass is 10.4. The number of benzene rings is 3. The summed E-state index contributed by atoms with van der Waals surface area (Å²) in [7, 11) is -1.65. The first kappa shape index (κ1) is 23.6. The van der Waals surface area contributed by atoms with Crippen molar-refractivity contribution >= 4 is 46.7 Å². The van der Waals surface area contributed by atoms with Crippen LogP contribution in [0.25, 0.3) is 0 Å². The van der Waals surface area contributed by atoms with Gasteiger partial charge in [0, 0.05) is 6.42 Å². The van der Waals surface area contributed by atoms with Crippen LogP contribution in [0.4, 0.5) is 0 Å². The first-order valence-corrected chi connectivity index (χ1v) is 14.3. The molecule has 0 saturated carbocycles. The van der Waals surface area contributed by atoms with E-state index in [1.807, 2.05) is 0 Å². The zero-order valence-corrected chi connectivity index (χ0v) is 19.7. The van der Waals surface area contributed by atoms with Crippen molar-refractivity contribution in [1.29, 1.82) is 0 Å². The van der Waals surface area contributed by atoms with Crippen molar-refractivity contribution in [3.63, 3.8) is 0 Å². The van der Waals surface area contributed by atoms with Gasteiger partial charge in [-0.2, -0.15) is 0 Å². The highest BCUT2D eigenvalue weighted by Crippen LogP contribution is 2.56. The largest absolute Gasteiger partial charge is 0.356 e.